The van der Waals surface area contributed by atoms with Gasteiger partial charge in [-0.05, 0) is 61.1 Å². The molecule has 0 spiro atoms. The molecule has 5 nitrogen and oxygen atoms in total. The molecule has 0 atom stereocenters. The van der Waals surface area contributed by atoms with Crippen molar-refractivity contribution in [2.45, 2.75) is 97.3 Å². The van der Waals surface area contributed by atoms with Crippen molar-refractivity contribution in [3.8, 4) is 23.2 Å². The van der Waals surface area contributed by atoms with Gasteiger partial charge in [-0.15, -0.1) is 0 Å². The van der Waals surface area contributed by atoms with Gasteiger partial charge in [-0.3, -0.25) is 0 Å². The van der Waals surface area contributed by atoms with Crippen molar-refractivity contribution in [1.82, 2.24) is 9.97 Å². The monoisotopic (exact) mass is 511 g/mol. The fraction of sp³-hybridized carbons (Fsp3) is 0.455. The lowest BCUT2D eigenvalue weighted by Gasteiger charge is -2.09. The number of hydrogen-bond acceptors (Lipinski definition) is 5. The standard InChI is InChI=1S/C33H41N3O2/c1-3-5-7-9-11-13-15-27-24-35-32(36-25-27)28-17-19-29(20-18-28)33(37)38-31-21-16-26(22-30(31)23-34)14-12-10-8-6-4-2/h16-22,24-25H,3-15H2,1-2H3. The maximum absolute atomic E-state index is 12.8. The number of aryl methyl sites for hydroxylation is 2. The number of carbonyl (C=O) groups is 1. The number of benzene rings is 2. The number of nitriles is 1. The average Bonchev–Trinajstić information content (AvgIpc) is 2.96. The highest BCUT2D eigenvalue weighted by Gasteiger charge is 2.13. The molecule has 0 saturated carbocycles. The Morgan fingerprint density at radius 3 is 1.95 bits per heavy atom. The van der Waals surface area contributed by atoms with Crippen molar-refractivity contribution in [3.63, 3.8) is 0 Å². The topological polar surface area (TPSA) is 75.9 Å². The summed E-state index contributed by atoms with van der Waals surface area (Å²) in [7, 11) is 0. The Bertz CT molecular complexity index is 1160. The highest BCUT2D eigenvalue weighted by molar-refractivity contribution is 5.91. The second kappa shape index (κ2) is 16.3. The zero-order valence-electron chi connectivity index (χ0n) is 23.0. The molecule has 1 aromatic heterocycles. The van der Waals surface area contributed by atoms with Crippen molar-refractivity contribution in [2.24, 2.45) is 0 Å². The molecule has 2 aromatic carbocycles. The first kappa shape index (κ1) is 29.0. The predicted molar refractivity (Wildman–Crippen MR) is 153 cm³/mol. The summed E-state index contributed by atoms with van der Waals surface area (Å²) in [4.78, 5) is 21.8. The van der Waals surface area contributed by atoms with Gasteiger partial charge in [0.05, 0.1) is 11.1 Å². The number of carbonyl (C=O) groups excluding carboxylic acids is 1. The van der Waals surface area contributed by atoms with E-state index < -0.39 is 5.97 Å². The molecular formula is C33H41N3O2. The molecule has 1 heterocycles. The second-order valence-electron chi connectivity index (χ2n) is 10.0. The van der Waals surface area contributed by atoms with Crippen molar-refractivity contribution in [3.05, 3.63) is 77.1 Å². The third-order valence-corrected chi connectivity index (χ3v) is 6.84. The van der Waals surface area contributed by atoms with Crippen LogP contribution in [0.4, 0.5) is 0 Å². The summed E-state index contributed by atoms with van der Waals surface area (Å²) >= 11 is 0. The smallest absolute Gasteiger partial charge is 0.343 e. The van der Waals surface area contributed by atoms with Gasteiger partial charge < -0.3 is 4.74 Å². The molecule has 0 aliphatic carbocycles. The number of aromatic nitrogens is 2. The van der Waals surface area contributed by atoms with Crippen LogP contribution in [0.25, 0.3) is 11.4 Å². The summed E-state index contributed by atoms with van der Waals surface area (Å²) in [6.07, 6.45) is 19.4. The molecule has 0 N–H and O–H groups in total. The van der Waals surface area contributed by atoms with Crippen molar-refractivity contribution < 1.29 is 9.53 Å². The third-order valence-electron chi connectivity index (χ3n) is 6.84. The minimum Gasteiger partial charge on any atom is -0.422 e. The molecule has 0 aliphatic rings. The number of unbranched alkanes of at least 4 members (excludes halogenated alkanes) is 9. The highest BCUT2D eigenvalue weighted by Crippen LogP contribution is 2.23. The van der Waals surface area contributed by atoms with Crippen molar-refractivity contribution in [2.75, 3.05) is 0 Å². The van der Waals surface area contributed by atoms with Crippen LogP contribution in [0.1, 0.15) is 112 Å². The van der Waals surface area contributed by atoms with E-state index in [1.165, 1.54) is 64.2 Å². The van der Waals surface area contributed by atoms with Gasteiger partial charge in [-0.2, -0.15) is 5.26 Å². The van der Waals surface area contributed by atoms with Crippen LogP contribution < -0.4 is 4.74 Å². The van der Waals surface area contributed by atoms with E-state index in [2.05, 4.69) is 29.9 Å². The molecule has 0 fully saturated rings. The molecule has 0 saturated heterocycles. The lowest BCUT2D eigenvalue weighted by atomic mass is 10.0. The summed E-state index contributed by atoms with van der Waals surface area (Å²) < 4.78 is 5.57. The van der Waals surface area contributed by atoms with Crippen LogP contribution in [0.3, 0.4) is 0 Å². The van der Waals surface area contributed by atoms with E-state index in [0.717, 1.165) is 36.0 Å². The molecule has 3 aromatic rings. The number of nitrogens with zero attached hydrogens (tertiary/aromatic N) is 3. The number of rotatable bonds is 16. The Morgan fingerprint density at radius 2 is 1.34 bits per heavy atom. The minimum absolute atomic E-state index is 0.292. The number of hydrogen-bond donors (Lipinski definition) is 0. The Morgan fingerprint density at radius 1 is 0.763 bits per heavy atom. The van der Waals surface area contributed by atoms with E-state index in [1.54, 1.807) is 18.2 Å². The largest absolute Gasteiger partial charge is 0.422 e. The van der Waals surface area contributed by atoms with Gasteiger partial charge in [0, 0.05) is 18.0 Å². The van der Waals surface area contributed by atoms with Gasteiger partial charge in [0.1, 0.15) is 11.8 Å². The molecular weight excluding hydrogens is 470 g/mol. The molecule has 0 radical (unpaired) electrons. The van der Waals surface area contributed by atoms with E-state index in [0.29, 0.717) is 22.7 Å². The average molecular weight is 512 g/mol. The van der Waals surface area contributed by atoms with Crippen LogP contribution >= 0.6 is 0 Å². The van der Waals surface area contributed by atoms with Crippen molar-refractivity contribution in [1.29, 1.82) is 5.26 Å². The van der Waals surface area contributed by atoms with Gasteiger partial charge in [0.15, 0.2) is 5.82 Å². The first-order valence-corrected chi connectivity index (χ1v) is 14.3. The highest BCUT2D eigenvalue weighted by atomic mass is 16.5. The van der Waals surface area contributed by atoms with Crippen LogP contribution in [0.15, 0.2) is 54.9 Å². The summed E-state index contributed by atoms with van der Waals surface area (Å²) in [6, 6.07) is 14.7. The quantitative estimate of drug-likeness (QED) is 0.109. The van der Waals surface area contributed by atoms with E-state index in [9.17, 15) is 10.1 Å². The summed E-state index contributed by atoms with van der Waals surface area (Å²) in [5.41, 5.74) is 3.89. The molecule has 3 rings (SSSR count). The summed E-state index contributed by atoms with van der Waals surface area (Å²) in [5.74, 6) is 0.435. The van der Waals surface area contributed by atoms with E-state index >= 15 is 0 Å². The normalized spacial score (nSPS) is 10.8. The molecule has 200 valence electrons. The van der Waals surface area contributed by atoms with Crippen LogP contribution in [0.2, 0.25) is 0 Å². The summed E-state index contributed by atoms with van der Waals surface area (Å²) in [6.45, 7) is 4.44. The van der Waals surface area contributed by atoms with E-state index in [-0.39, 0.29) is 0 Å². The van der Waals surface area contributed by atoms with Gasteiger partial charge in [0.2, 0.25) is 0 Å². The molecule has 0 unspecified atom stereocenters. The number of ether oxygens (including phenoxy) is 1. The fourth-order valence-corrected chi connectivity index (χ4v) is 4.50. The van der Waals surface area contributed by atoms with Gasteiger partial charge in [-0.1, -0.05) is 89.8 Å². The molecule has 0 amide bonds. The van der Waals surface area contributed by atoms with Gasteiger partial charge >= 0.3 is 5.97 Å². The Kier molecular flexibility index (Phi) is 12.5. The zero-order valence-corrected chi connectivity index (χ0v) is 23.0. The molecule has 38 heavy (non-hydrogen) atoms. The lowest BCUT2D eigenvalue weighted by molar-refractivity contribution is 0.0734. The first-order valence-electron chi connectivity index (χ1n) is 14.3. The van der Waals surface area contributed by atoms with Crippen LogP contribution in [0.5, 0.6) is 5.75 Å². The molecule has 0 aliphatic heterocycles. The van der Waals surface area contributed by atoms with E-state index in [1.807, 2.05) is 36.7 Å². The maximum Gasteiger partial charge on any atom is 0.343 e. The Balaban J connectivity index is 1.53. The Hall–Kier alpha value is -3.52. The van der Waals surface area contributed by atoms with Crippen molar-refractivity contribution >= 4 is 5.97 Å². The Labute approximate surface area is 228 Å². The fourth-order valence-electron chi connectivity index (χ4n) is 4.50. The maximum atomic E-state index is 12.8. The zero-order chi connectivity index (χ0) is 27.0. The first-order chi connectivity index (χ1) is 18.6. The summed E-state index contributed by atoms with van der Waals surface area (Å²) in [5, 5.41) is 9.59. The minimum atomic E-state index is -0.490. The predicted octanol–water partition coefficient (Wildman–Crippen LogP) is 8.65. The third kappa shape index (κ3) is 9.41. The van der Waals surface area contributed by atoms with Gasteiger partial charge in [0.25, 0.3) is 0 Å². The van der Waals surface area contributed by atoms with Gasteiger partial charge in [-0.25, -0.2) is 14.8 Å². The van der Waals surface area contributed by atoms with Crippen LogP contribution in [-0.4, -0.2) is 15.9 Å². The molecule has 5 heteroatoms. The number of esters is 1. The lowest BCUT2D eigenvalue weighted by Crippen LogP contribution is -2.09. The van der Waals surface area contributed by atoms with Crippen LogP contribution in [-0.2, 0) is 12.8 Å². The van der Waals surface area contributed by atoms with E-state index in [4.69, 9.17) is 4.74 Å². The second-order valence-corrected chi connectivity index (χ2v) is 10.0. The SMILES string of the molecule is CCCCCCCCc1cnc(-c2ccc(C(=O)Oc3ccc(CCCCCCC)cc3C#N)cc2)nc1. The molecule has 0 bridgehead atoms. The van der Waals surface area contributed by atoms with Crippen LogP contribution in [0, 0.1) is 11.3 Å².